The minimum absolute atomic E-state index is 0.176. The maximum atomic E-state index is 13.5. The second kappa shape index (κ2) is 6.25. The summed E-state index contributed by atoms with van der Waals surface area (Å²) in [7, 11) is 1.70. The van der Waals surface area contributed by atoms with Gasteiger partial charge in [-0.1, -0.05) is 12.8 Å². The lowest BCUT2D eigenvalue weighted by atomic mass is 9.92. The normalized spacial score (nSPS) is 24.2. The lowest BCUT2D eigenvalue weighted by Crippen LogP contribution is -2.42. The highest BCUT2D eigenvalue weighted by Gasteiger charge is 2.24. The second-order valence-corrected chi connectivity index (χ2v) is 4.78. The topological polar surface area (TPSA) is 21.3 Å². The molecule has 100 valence electrons. The van der Waals surface area contributed by atoms with E-state index in [1.54, 1.807) is 7.11 Å². The smallest absolute Gasteiger partial charge is 0.127 e. The van der Waals surface area contributed by atoms with Gasteiger partial charge in [0.1, 0.15) is 11.6 Å². The van der Waals surface area contributed by atoms with Crippen molar-refractivity contribution in [3.63, 3.8) is 0 Å². The van der Waals surface area contributed by atoms with Gasteiger partial charge in [-0.15, -0.1) is 0 Å². The summed E-state index contributed by atoms with van der Waals surface area (Å²) in [4.78, 5) is 0. The van der Waals surface area contributed by atoms with Crippen LogP contribution in [0.2, 0.25) is 0 Å². The van der Waals surface area contributed by atoms with Gasteiger partial charge in [-0.25, -0.2) is 8.78 Å². The van der Waals surface area contributed by atoms with Gasteiger partial charge in [0.2, 0.25) is 0 Å². The number of halogens is 2. The fraction of sp³-hybridized carbons (Fsp3) is 0.571. The standard InChI is InChI=1S/C14H19F2NO/c1-18-14-5-3-2-4-13(14)17-9-10-8-11(15)6-7-12(10)16/h6-8,13-14,17H,2-5,9H2,1H3. The number of rotatable bonds is 4. The van der Waals surface area contributed by atoms with Crippen LogP contribution in [-0.4, -0.2) is 19.3 Å². The van der Waals surface area contributed by atoms with Gasteiger partial charge in [0.15, 0.2) is 0 Å². The monoisotopic (exact) mass is 255 g/mol. The van der Waals surface area contributed by atoms with Crippen LogP contribution in [0, 0.1) is 11.6 Å². The number of hydrogen-bond acceptors (Lipinski definition) is 2. The maximum absolute atomic E-state index is 13.5. The van der Waals surface area contributed by atoms with Crippen LogP contribution >= 0.6 is 0 Å². The second-order valence-electron chi connectivity index (χ2n) is 4.78. The van der Waals surface area contributed by atoms with Gasteiger partial charge in [0.25, 0.3) is 0 Å². The summed E-state index contributed by atoms with van der Waals surface area (Å²) in [6.45, 7) is 0.341. The molecule has 0 amide bonds. The first kappa shape index (κ1) is 13.4. The van der Waals surface area contributed by atoms with Crippen LogP contribution in [0.25, 0.3) is 0 Å². The van der Waals surface area contributed by atoms with E-state index in [4.69, 9.17) is 4.74 Å². The van der Waals surface area contributed by atoms with Crippen molar-refractivity contribution in [3.05, 3.63) is 35.4 Å². The van der Waals surface area contributed by atoms with Gasteiger partial charge in [-0.05, 0) is 31.0 Å². The van der Waals surface area contributed by atoms with E-state index in [0.29, 0.717) is 12.1 Å². The van der Waals surface area contributed by atoms with E-state index in [2.05, 4.69) is 5.32 Å². The van der Waals surface area contributed by atoms with Crippen molar-refractivity contribution >= 4 is 0 Å². The summed E-state index contributed by atoms with van der Waals surface area (Å²) in [6.07, 6.45) is 4.55. The van der Waals surface area contributed by atoms with Crippen molar-refractivity contribution < 1.29 is 13.5 Å². The molecule has 18 heavy (non-hydrogen) atoms. The first-order valence-electron chi connectivity index (χ1n) is 6.41. The van der Waals surface area contributed by atoms with Gasteiger partial charge in [-0.2, -0.15) is 0 Å². The third-order valence-corrected chi connectivity index (χ3v) is 3.57. The highest BCUT2D eigenvalue weighted by atomic mass is 19.1. The molecule has 1 aromatic rings. The molecule has 2 unspecified atom stereocenters. The molecule has 1 aromatic carbocycles. The molecular weight excluding hydrogens is 236 g/mol. The Balaban J connectivity index is 1.95. The summed E-state index contributed by atoms with van der Waals surface area (Å²) in [5.41, 5.74) is 0.371. The van der Waals surface area contributed by atoms with Gasteiger partial charge in [0.05, 0.1) is 6.10 Å². The van der Waals surface area contributed by atoms with Crippen LogP contribution in [-0.2, 0) is 11.3 Å². The zero-order valence-corrected chi connectivity index (χ0v) is 10.6. The Morgan fingerprint density at radius 3 is 2.83 bits per heavy atom. The Bertz CT molecular complexity index is 397. The molecule has 1 fully saturated rings. The molecule has 1 aliphatic carbocycles. The van der Waals surface area contributed by atoms with Crippen molar-refractivity contribution in [1.82, 2.24) is 5.32 Å². The first-order valence-corrected chi connectivity index (χ1v) is 6.41. The van der Waals surface area contributed by atoms with Gasteiger partial charge >= 0.3 is 0 Å². The highest BCUT2D eigenvalue weighted by Crippen LogP contribution is 2.21. The van der Waals surface area contributed by atoms with E-state index in [9.17, 15) is 8.78 Å². The zero-order valence-electron chi connectivity index (χ0n) is 10.6. The third kappa shape index (κ3) is 3.27. The molecule has 1 N–H and O–H groups in total. The van der Waals surface area contributed by atoms with Crippen LogP contribution in [0.15, 0.2) is 18.2 Å². The SMILES string of the molecule is COC1CCCCC1NCc1cc(F)ccc1F. The molecule has 0 radical (unpaired) electrons. The highest BCUT2D eigenvalue weighted by molar-refractivity contribution is 5.18. The van der Waals surface area contributed by atoms with Crippen LogP contribution in [0.1, 0.15) is 31.2 Å². The Morgan fingerprint density at radius 2 is 2.06 bits per heavy atom. The minimum atomic E-state index is -0.403. The molecule has 1 aliphatic rings. The van der Waals surface area contributed by atoms with Gasteiger partial charge in [0, 0.05) is 25.3 Å². The van der Waals surface area contributed by atoms with Gasteiger partial charge in [-0.3, -0.25) is 0 Å². The lowest BCUT2D eigenvalue weighted by molar-refractivity contribution is 0.0412. The van der Waals surface area contributed by atoms with Crippen LogP contribution in [0.5, 0.6) is 0 Å². The van der Waals surface area contributed by atoms with Crippen molar-refractivity contribution in [3.8, 4) is 0 Å². The molecule has 0 aliphatic heterocycles. The number of methoxy groups -OCH3 is 1. The van der Waals surface area contributed by atoms with Gasteiger partial charge < -0.3 is 10.1 Å². The van der Waals surface area contributed by atoms with Crippen molar-refractivity contribution in [2.45, 2.75) is 44.4 Å². The predicted molar refractivity (Wildman–Crippen MR) is 66.3 cm³/mol. The zero-order chi connectivity index (χ0) is 13.0. The van der Waals surface area contributed by atoms with E-state index >= 15 is 0 Å². The fourth-order valence-corrected chi connectivity index (χ4v) is 2.53. The van der Waals surface area contributed by atoms with Crippen molar-refractivity contribution in [2.75, 3.05) is 7.11 Å². The number of benzene rings is 1. The summed E-state index contributed by atoms with van der Waals surface area (Å²) >= 11 is 0. The number of hydrogen-bond donors (Lipinski definition) is 1. The Hall–Kier alpha value is -1.00. The quantitative estimate of drug-likeness (QED) is 0.893. The molecule has 2 atom stereocenters. The molecule has 0 bridgehead atoms. The predicted octanol–water partition coefficient (Wildman–Crippen LogP) is 3.01. The van der Waals surface area contributed by atoms with E-state index in [1.165, 1.54) is 18.6 Å². The summed E-state index contributed by atoms with van der Waals surface area (Å²) in [5.74, 6) is -0.770. The van der Waals surface area contributed by atoms with E-state index in [0.717, 1.165) is 25.3 Å². The Labute approximate surface area is 106 Å². The molecule has 0 spiro atoms. The molecule has 2 rings (SSSR count). The average molecular weight is 255 g/mol. The molecule has 4 heteroatoms. The molecule has 0 heterocycles. The Morgan fingerprint density at radius 1 is 1.28 bits per heavy atom. The van der Waals surface area contributed by atoms with E-state index in [1.807, 2.05) is 0 Å². The summed E-state index contributed by atoms with van der Waals surface area (Å²) in [6, 6.07) is 3.78. The molecule has 2 nitrogen and oxygen atoms in total. The molecule has 0 saturated heterocycles. The summed E-state index contributed by atoms with van der Waals surface area (Å²) in [5, 5.41) is 3.28. The van der Waals surface area contributed by atoms with Crippen LogP contribution < -0.4 is 5.32 Å². The number of nitrogens with one attached hydrogen (secondary N) is 1. The lowest BCUT2D eigenvalue weighted by Gasteiger charge is -2.31. The van der Waals surface area contributed by atoms with Crippen molar-refractivity contribution in [1.29, 1.82) is 0 Å². The third-order valence-electron chi connectivity index (χ3n) is 3.57. The largest absolute Gasteiger partial charge is 0.380 e. The Kier molecular flexibility index (Phi) is 4.66. The first-order chi connectivity index (χ1) is 8.70. The van der Waals surface area contributed by atoms with Crippen LogP contribution in [0.3, 0.4) is 0 Å². The number of ether oxygens (including phenoxy) is 1. The molecule has 1 saturated carbocycles. The molecular formula is C14H19F2NO. The van der Waals surface area contributed by atoms with Crippen molar-refractivity contribution in [2.24, 2.45) is 0 Å². The minimum Gasteiger partial charge on any atom is -0.380 e. The molecule has 0 aromatic heterocycles. The average Bonchev–Trinajstić information content (AvgIpc) is 2.40. The van der Waals surface area contributed by atoms with Crippen LogP contribution in [0.4, 0.5) is 8.78 Å². The fourth-order valence-electron chi connectivity index (χ4n) is 2.53. The van der Waals surface area contributed by atoms with E-state index in [-0.39, 0.29) is 18.0 Å². The van der Waals surface area contributed by atoms with E-state index < -0.39 is 5.82 Å². The maximum Gasteiger partial charge on any atom is 0.127 e. The summed E-state index contributed by atoms with van der Waals surface area (Å²) < 4.78 is 31.9.